The molecule has 1 N–H and O–H groups in total. The molecule has 0 aliphatic heterocycles. The summed E-state index contributed by atoms with van der Waals surface area (Å²) >= 11 is 0. The molecule has 1 aliphatic carbocycles. The highest BCUT2D eigenvalue weighted by Crippen LogP contribution is 2.44. The maximum absolute atomic E-state index is 15.0. The van der Waals surface area contributed by atoms with Crippen LogP contribution in [-0.2, 0) is 17.8 Å². The van der Waals surface area contributed by atoms with Gasteiger partial charge in [-0.2, -0.15) is 0 Å². The summed E-state index contributed by atoms with van der Waals surface area (Å²) in [6.07, 6.45) is 7.89. The van der Waals surface area contributed by atoms with Gasteiger partial charge in [-0.05, 0) is 84.4 Å². The summed E-state index contributed by atoms with van der Waals surface area (Å²) in [6.45, 7) is 7.35. The van der Waals surface area contributed by atoms with Gasteiger partial charge in [0.15, 0.2) is 0 Å². The van der Waals surface area contributed by atoms with Crippen molar-refractivity contribution in [2.75, 3.05) is 6.61 Å². The van der Waals surface area contributed by atoms with Gasteiger partial charge in [0, 0.05) is 5.56 Å². The van der Waals surface area contributed by atoms with Gasteiger partial charge in [-0.25, -0.2) is 4.39 Å². The normalized spacial score (nSPS) is 13.9. The van der Waals surface area contributed by atoms with Crippen LogP contribution in [0.15, 0.2) is 54.7 Å². The largest absolute Gasteiger partial charge is 0.494 e. The Morgan fingerprint density at radius 2 is 1.90 bits per heavy atom. The molecule has 4 rings (SSSR count). The highest BCUT2D eigenvalue weighted by Gasteiger charge is 2.33. The van der Waals surface area contributed by atoms with Crippen LogP contribution in [0.4, 0.5) is 4.39 Å². The number of aromatic nitrogens is 1. The fourth-order valence-electron chi connectivity index (χ4n) is 5.05. The van der Waals surface area contributed by atoms with Crippen LogP contribution in [0.25, 0.3) is 11.3 Å². The van der Waals surface area contributed by atoms with Crippen LogP contribution in [0.2, 0.25) is 0 Å². The molecule has 0 radical (unpaired) electrons. The molecule has 1 heterocycles. The molecular formula is C33H40FNO4. The van der Waals surface area contributed by atoms with E-state index >= 15 is 0 Å². The van der Waals surface area contributed by atoms with Crippen molar-refractivity contribution in [3.8, 4) is 22.8 Å². The number of carboxylic acid groups (broad SMARTS) is 1. The SMILES string of the molecule is CCCCCOc1ccc(F)c(-c2ncc(OCc3cccc(C(CC(=O)O)C4CC4)c3)cc2CC(C)C)c1. The molecule has 2 aromatic carbocycles. The van der Waals surface area contributed by atoms with Gasteiger partial charge in [0.1, 0.15) is 23.9 Å². The topological polar surface area (TPSA) is 68.7 Å². The number of pyridine rings is 1. The Hall–Kier alpha value is -3.41. The molecule has 39 heavy (non-hydrogen) atoms. The third kappa shape index (κ3) is 8.29. The number of hydrogen-bond donors (Lipinski definition) is 1. The van der Waals surface area contributed by atoms with Crippen LogP contribution < -0.4 is 9.47 Å². The Bertz CT molecular complexity index is 1250. The van der Waals surface area contributed by atoms with E-state index in [1.807, 2.05) is 24.3 Å². The zero-order valence-electron chi connectivity index (χ0n) is 23.3. The van der Waals surface area contributed by atoms with Crippen LogP contribution in [0.5, 0.6) is 11.5 Å². The summed E-state index contributed by atoms with van der Waals surface area (Å²) in [7, 11) is 0. The molecule has 1 fully saturated rings. The molecule has 0 amide bonds. The van der Waals surface area contributed by atoms with Crippen molar-refractivity contribution >= 4 is 5.97 Å². The molecule has 1 aliphatic rings. The van der Waals surface area contributed by atoms with Gasteiger partial charge in [0.25, 0.3) is 0 Å². The van der Waals surface area contributed by atoms with E-state index in [0.717, 1.165) is 55.2 Å². The fraction of sp³-hybridized carbons (Fsp3) is 0.455. The van der Waals surface area contributed by atoms with Crippen molar-refractivity contribution in [1.29, 1.82) is 0 Å². The number of nitrogens with zero attached hydrogens (tertiary/aromatic N) is 1. The Morgan fingerprint density at radius 3 is 2.62 bits per heavy atom. The van der Waals surface area contributed by atoms with E-state index in [2.05, 4.69) is 31.8 Å². The maximum atomic E-state index is 15.0. The minimum atomic E-state index is -0.762. The van der Waals surface area contributed by atoms with E-state index in [1.54, 1.807) is 18.3 Å². The maximum Gasteiger partial charge on any atom is 0.303 e. The second-order valence-electron chi connectivity index (χ2n) is 11.0. The Balaban J connectivity index is 1.51. The van der Waals surface area contributed by atoms with Crippen molar-refractivity contribution in [2.45, 2.75) is 78.2 Å². The second-order valence-corrected chi connectivity index (χ2v) is 11.0. The zero-order chi connectivity index (χ0) is 27.8. The zero-order valence-corrected chi connectivity index (χ0v) is 23.3. The quantitative estimate of drug-likeness (QED) is 0.199. The van der Waals surface area contributed by atoms with Gasteiger partial charge in [0.05, 0.1) is 24.9 Å². The van der Waals surface area contributed by atoms with Gasteiger partial charge in [-0.15, -0.1) is 0 Å². The molecule has 6 heteroatoms. The first-order valence-corrected chi connectivity index (χ1v) is 14.2. The first-order chi connectivity index (χ1) is 18.8. The highest BCUT2D eigenvalue weighted by atomic mass is 19.1. The number of ether oxygens (including phenoxy) is 2. The molecule has 1 atom stereocenters. The molecule has 1 unspecified atom stereocenters. The van der Waals surface area contributed by atoms with Gasteiger partial charge < -0.3 is 14.6 Å². The number of aliphatic carboxylic acids is 1. The molecular weight excluding hydrogens is 493 g/mol. The Morgan fingerprint density at radius 1 is 1.08 bits per heavy atom. The van der Waals surface area contributed by atoms with Crippen molar-refractivity contribution < 1.29 is 23.8 Å². The molecule has 1 aromatic heterocycles. The van der Waals surface area contributed by atoms with Crippen molar-refractivity contribution in [3.05, 3.63) is 77.2 Å². The average Bonchev–Trinajstić information content (AvgIpc) is 3.75. The van der Waals surface area contributed by atoms with Crippen molar-refractivity contribution in [2.24, 2.45) is 11.8 Å². The number of benzene rings is 2. The highest BCUT2D eigenvalue weighted by molar-refractivity contribution is 5.68. The summed E-state index contributed by atoms with van der Waals surface area (Å²) in [6, 6.07) is 14.9. The number of carboxylic acids is 1. The van der Waals surface area contributed by atoms with Gasteiger partial charge in [0.2, 0.25) is 0 Å². The Labute approximate surface area is 231 Å². The molecule has 0 saturated heterocycles. The minimum Gasteiger partial charge on any atom is -0.494 e. The number of carbonyl (C=O) groups is 1. The third-order valence-corrected chi connectivity index (χ3v) is 7.15. The number of rotatable bonds is 15. The van der Waals surface area contributed by atoms with Crippen LogP contribution in [0.3, 0.4) is 0 Å². The van der Waals surface area contributed by atoms with E-state index in [-0.39, 0.29) is 18.2 Å². The molecule has 3 aromatic rings. The van der Waals surface area contributed by atoms with Gasteiger partial charge in [-0.3, -0.25) is 9.78 Å². The number of hydrogen-bond acceptors (Lipinski definition) is 4. The standard InChI is InChI=1S/C33H40FNO4/c1-4-5-6-14-38-27-12-13-31(34)30(18-27)33-26(15-22(2)3)17-28(20-35-33)39-21-23-8-7-9-25(16-23)29(19-32(36)37)24-10-11-24/h7-9,12-13,16-18,20,22,24,29H,4-6,10-11,14-15,19,21H2,1-3H3,(H,36,37). The van der Waals surface area contributed by atoms with Gasteiger partial charge >= 0.3 is 5.97 Å². The summed E-state index contributed by atoms with van der Waals surface area (Å²) < 4.78 is 27.0. The third-order valence-electron chi connectivity index (χ3n) is 7.15. The first-order valence-electron chi connectivity index (χ1n) is 14.2. The molecule has 5 nitrogen and oxygen atoms in total. The summed E-state index contributed by atoms with van der Waals surface area (Å²) in [5, 5.41) is 9.36. The van der Waals surface area contributed by atoms with E-state index < -0.39 is 5.97 Å². The van der Waals surface area contributed by atoms with E-state index in [0.29, 0.717) is 47.8 Å². The van der Waals surface area contributed by atoms with Crippen molar-refractivity contribution in [3.63, 3.8) is 0 Å². The lowest BCUT2D eigenvalue weighted by molar-refractivity contribution is -0.137. The van der Waals surface area contributed by atoms with E-state index in [9.17, 15) is 14.3 Å². The van der Waals surface area contributed by atoms with Crippen molar-refractivity contribution in [1.82, 2.24) is 4.98 Å². The lowest BCUT2D eigenvalue weighted by Gasteiger charge is -2.17. The van der Waals surface area contributed by atoms with E-state index in [4.69, 9.17) is 9.47 Å². The minimum absolute atomic E-state index is 0.0438. The van der Waals surface area contributed by atoms with E-state index in [1.165, 1.54) is 6.07 Å². The predicted molar refractivity (Wildman–Crippen MR) is 152 cm³/mol. The fourth-order valence-corrected chi connectivity index (χ4v) is 5.05. The van der Waals surface area contributed by atoms with Crippen LogP contribution in [0.1, 0.15) is 81.9 Å². The molecule has 1 saturated carbocycles. The molecule has 208 valence electrons. The second kappa shape index (κ2) is 13.6. The summed E-state index contributed by atoms with van der Waals surface area (Å²) in [4.78, 5) is 16.0. The first kappa shape index (κ1) is 28.6. The van der Waals surface area contributed by atoms with Crippen LogP contribution in [-0.4, -0.2) is 22.7 Å². The lowest BCUT2D eigenvalue weighted by Crippen LogP contribution is -2.09. The summed E-state index contributed by atoms with van der Waals surface area (Å²) in [5.41, 5.74) is 4.01. The van der Waals surface area contributed by atoms with Gasteiger partial charge in [-0.1, -0.05) is 57.9 Å². The summed E-state index contributed by atoms with van der Waals surface area (Å²) in [5.74, 6) is 1.02. The Kier molecular flexibility index (Phi) is 9.96. The monoisotopic (exact) mass is 533 g/mol. The molecule has 0 bridgehead atoms. The lowest BCUT2D eigenvalue weighted by atomic mass is 9.90. The number of halogens is 1. The van der Waals surface area contributed by atoms with Crippen LogP contribution >= 0.6 is 0 Å². The predicted octanol–water partition coefficient (Wildman–Crippen LogP) is 8.20. The van der Waals surface area contributed by atoms with Crippen LogP contribution in [0, 0.1) is 17.7 Å². The number of unbranched alkanes of at least 4 members (excludes halogenated alkanes) is 2. The smallest absolute Gasteiger partial charge is 0.303 e. The average molecular weight is 534 g/mol. The molecule has 0 spiro atoms.